The van der Waals surface area contributed by atoms with Crippen LogP contribution in [0.15, 0.2) is 33.9 Å². The van der Waals surface area contributed by atoms with Crippen molar-refractivity contribution in [1.82, 2.24) is 14.8 Å². The van der Waals surface area contributed by atoms with E-state index in [1.54, 1.807) is 20.8 Å². The minimum Gasteiger partial charge on any atom is -0.459 e. The van der Waals surface area contributed by atoms with Gasteiger partial charge < -0.3 is 20.4 Å². The number of thioether (sulfide) groups is 1. The molecule has 2 heterocycles. The van der Waals surface area contributed by atoms with Crippen molar-refractivity contribution in [3.63, 3.8) is 0 Å². The number of nitrogens with two attached hydrogens (primary N) is 1. The molecule has 0 radical (unpaired) electrons. The Kier molecular flexibility index (Phi) is 8.50. The summed E-state index contributed by atoms with van der Waals surface area (Å²) in [4.78, 5) is 37.3. The molecule has 3 N–H and O–H groups in total. The lowest BCUT2D eigenvalue weighted by atomic mass is 10.1. The maximum absolute atomic E-state index is 12.7. The van der Waals surface area contributed by atoms with Gasteiger partial charge in [-0.1, -0.05) is 39.8 Å². The molecule has 9 nitrogen and oxygen atoms in total. The van der Waals surface area contributed by atoms with Gasteiger partial charge in [0.25, 0.3) is 5.91 Å². The highest BCUT2D eigenvalue weighted by molar-refractivity contribution is 9.10. The van der Waals surface area contributed by atoms with Crippen molar-refractivity contribution < 1.29 is 19.1 Å². The van der Waals surface area contributed by atoms with Gasteiger partial charge in [-0.05, 0) is 45.4 Å². The number of benzene rings is 1. The van der Waals surface area contributed by atoms with E-state index in [0.29, 0.717) is 23.1 Å². The normalized spacial score (nSPS) is 11.0. The van der Waals surface area contributed by atoms with Gasteiger partial charge in [0.2, 0.25) is 5.91 Å². The van der Waals surface area contributed by atoms with Crippen LogP contribution in [0, 0.1) is 6.92 Å². The number of ether oxygens (including phenoxy) is 1. The number of primary amides is 1. The Labute approximate surface area is 213 Å². The minimum atomic E-state index is -0.674. The number of aromatic nitrogens is 3. The molecule has 0 saturated heterocycles. The smallest absolute Gasteiger partial charge is 0.341 e. The van der Waals surface area contributed by atoms with Gasteiger partial charge in [-0.25, -0.2) is 4.79 Å². The van der Waals surface area contributed by atoms with E-state index in [0.717, 1.165) is 21.4 Å². The number of amides is 2. The first kappa shape index (κ1) is 25.9. The Hall–Kier alpha value is -2.70. The largest absolute Gasteiger partial charge is 0.459 e. The molecule has 12 heteroatoms. The average molecular weight is 567 g/mol. The van der Waals surface area contributed by atoms with Crippen LogP contribution in [0.5, 0.6) is 0 Å². The Morgan fingerprint density at radius 3 is 2.50 bits per heavy atom. The van der Waals surface area contributed by atoms with Crippen LogP contribution in [-0.4, -0.2) is 44.4 Å². The van der Waals surface area contributed by atoms with Crippen molar-refractivity contribution in [3.8, 4) is 11.4 Å². The van der Waals surface area contributed by atoms with E-state index >= 15 is 0 Å². The molecule has 2 aromatic heterocycles. The zero-order valence-corrected chi connectivity index (χ0v) is 22.3. The Morgan fingerprint density at radius 1 is 1.24 bits per heavy atom. The van der Waals surface area contributed by atoms with Gasteiger partial charge in [0.05, 0.1) is 22.3 Å². The van der Waals surface area contributed by atoms with E-state index in [-0.39, 0.29) is 33.2 Å². The second kappa shape index (κ2) is 11.2. The molecular formula is C22H24BrN5O4S2. The molecule has 0 spiro atoms. The summed E-state index contributed by atoms with van der Waals surface area (Å²) in [5.74, 6) is -0.926. The fourth-order valence-corrected chi connectivity index (χ4v) is 5.27. The third kappa shape index (κ3) is 5.86. The summed E-state index contributed by atoms with van der Waals surface area (Å²) < 4.78 is 8.17. The van der Waals surface area contributed by atoms with Crippen LogP contribution < -0.4 is 11.1 Å². The fourth-order valence-electron chi connectivity index (χ4n) is 3.14. The van der Waals surface area contributed by atoms with Crippen LogP contribution in [0.25, 0.3) is 11.4 Å². The predicted octanol–water partition coefficient (Wildman–Crippen LogP) is 4.49. The standard InChI is InChI=1S/C22H24BrN5O4S2/c1-5-28-19(13-6-8-14(23)9-7-13)26-27-22(28)33-10-15(29)25-20-16(21(31)32-11(2)3)12(4)17(34-20)18(24)30/h6-9,11H,5,10H2,1-4H3,(H2,24,30)(H,25,29). The number of hydrogen-bond acceptors (Lipinski definition) is 8. The molecule has 0 aliphatic heterocycles. The van der Waals surface area contributed by atoms with Crippen LogP contribution in [-0.2, 0) is 16.1 Å². The zero-order chi connectivity index (χ0) is 25.0. The summed E-state index contributed by atoms with van der Waals surface area (Å²) in [5, 5.41) is 12.1. The number of halogens is 1. The molecule has 0 atom stereocenters. The number of carbonyl (C=O) groups is 3. The highest BCUT2D eigenvalue weighted by atomic mass is 79.9. The lowest BCUT2D eigenvalue weighted by Crippen LogP contribution is -2.18. The lowest BCUT2D eigenvalue weighted by Gasteiger charge is -2.10. The molecule has 1 aromatic carbocycles. The Morgan fingerprint density at radius 2 is 1.91 bits per heavy atom. The first-order valence-corrected chi connectivity index (χ1v) is 13.0. The van der Waals surface area contributed by atoms with Crippen LogP contribution in [0.4, 0.5) is 5.00 Å². The Bertz CT molecular complexity index is 1220. The molecule has 0 saturated carbocycles. The van der Waals surface area contributed by atoms with E-state index in [1.807, 2.05) is 35.8 Å². The second-order valence-electron chi connectivity index (χ2n) is 7.47. The number of hydrogen-bond donors (Lipinski definition) is 2. The monoisotopic (exact) mass is 565 g/mol. The molecule has 0 unspecified atom stereocenters. The third-order valence-electron chi connectivity index (χ3n) is 4.64. The SMILES string of the molecule is CCn1c(SCC(=O)Nc2sc(C(N)=O)c(C)c2C(=O)OC(C)C)nnc1-c1ccc(Br)cc1. The molecule has 2 amide bonds. The summed E-state index contributed by atoms with van der Waals surface area (Å²) in [6.07, 6.45) is -0.358. The topological polar surface area (TPSA) is 129 Å². The van der Waals surface area contributed by atoms with Gasteiger partial charge in [-0.3, -0.25) is 9.59 Å². The van der Waals surface area contributed by atoms with Gasteiger partial charge in [0, 0.05) is 16.6 Å². The molecule has 0 bridgehead atoms. The molecule has 0 aliphatic rings. The maximum Gasteiger partial charge on any atom is 0.341 e. The van der Waals surface area contributed by atoms with Crippen LogP contribution >= 0.6 is 39.0 Å². The van der Waals surface area contributed by atoms with Crippen LogP contribution in [0.3, 0.4) is 0 Å². The van der Waals surface area contributed by atoms with Gasteiger partial charge in [0.15, 0.2) is 11.0 Å². The summed E-state index contributed by atoms with van der Waals surface area (Å²) >= 11 is 5.60. The number of nitrogens with zero attached hydrogens (tertiary/aromatic N) is 3. The number of carbonyl (C=O) groups excluding carboxylic acids is 3. The third-order valence-corrected chi connectivity index (χ3v) is 7.36. The predicted molar refractivity (Wildman–Crippen MR) is 136 cm³/mol. The van der Waals surface area contributed by atoms with Crippen molar-refractivity contribution in [2.24, 2.45) is 5.73 Å². The highest BCUT2D eigenvalue weighted by Gasteiger charge is 2.26. The van der Waals surface area contributed by atoms with Crippen molar-refractivity contribution in [2.75, 3.05) is 11.1 Å². The maximum atomic E-state index is 12.7. The van der Waals surface area contributed by atoms with E-state index in [4.69, 9.17) is 10.5 Å². The van der Waals surface area contributed by atoms with Gasteiger partial charge in [-0.15, -0.1) is 21.5 Å². The fraction of sp³-hybridized carbons (Fsp3) is 0.318. The minimum absolute atomic E-state index is 0.0278. The summed E-state index contributed by atoms with van der Waals surface area (Å²) in [6.45, 7) is 7.64. The lowest BCUT2D eigenvalue weighted by molar-refractivity contribution is -0.113. The number of rotatable bonds is 9. The van der Waals surface area contributed by atoms with Crippen molar-refractivity contribution in [2.45, 2.75) is 45.5 Å². The number of esters is 1. The first-order valence-electron chi connectivity index (χ1n) is 10.4. The molecule has 180 valence electrons. The molecule has 0 fully saturated rings. The molecule has 3 aromatic rings. The van der Waals surface area contributed by atoms with E-state index in [1.165, 1.54) is 11.8 Å². The molecule has 3 rings (SSSR count). The molecule has 34 heavy (non-hydrogen) atoms. The highest BCUT2D eigenvalue weighted by Crippen LogP contribution is 2.34. The van der Waals surface area contributed by atoms with Gasteiger partial charge in [-0.2, -0.15) is 0 Å². The van der Waals surface area contributed by atoms with Crippen LogP contribution in [0.1, 0.15) is 46.4 Å². The number of anilines is 1. The van der Waals surface area contributed by atoms with Crippen molar-refractivity contribution in [1.29, 1.82) is 0 Å². The molecule has 0 aliphatic carbocycles. The second-order valence-corrected chi connectivity index (χ2v) is 10.4. The van der Waals surface area contributed by atoms with Crippen LogP contribution in [0.2, 0.25) is 0 Å². The number of nitrogens with one attached hydrogen (secondary N) is 1. The summed E-state index contributed by atoms with van der Waals surface area (Å²) in [5.41, 5.74) is 6.87. The Balaban J connectivity index is 1.77. The van der Waals surface area contributed by atoms with Crippen molar-refractivity contribution >= 4 is 61.8 Å². The average Bonchev–Trinajstić information content (AvgIpc) is 3.32. The zero-order valence-electron chi connectivity index (χ0n) is 19.0. The quantitative estimate of drug-likeness (QED) is 0.288. The van der Waals surface area contributed by atoms with E-state index in [9.17, 15) is 14.4 Å². The van der Waals surface area contributed by atoms with Gasteiger partial charge in [0.1, 0.15) is 5.00 Å². The van der Waals surface area contributed by atoms with Gasteiger partial charge >= 0.3 is 5.97 Å². The first-order chi connectivity index (χ1) is 16.1. The van der Waals surface area contributed by atoms with Crippen molar-refractivity contribution in [3.05, 3.63) is 44.7 Å². The summed E-state index contributed by atoms with van der Waals surface area (Å²) in [6, 6.07) is 7.73. The van der Waals surface area contributed by atoms with E-state index in [2.05, 4.69) is 31.4 Å². The van der Waals surface area contributed by atoms with E-state index < -0.39 is 11.9 Å². The number of thiophene rings is 1. The summed E-state index contributed by atoms with van der Waals surface area (Å²) in [7, 11) is 0. The molecular weight excluding hydrogens is 542 g/mol.